The fraction of sp³-hybridized carbons (Fsp3) is 0.452. The molecule has 1 aliphatic heterocycles. The van der Waals surface area contributed by atoms with Crippen LogP contribution in [-0.2, 0) is 6.42 Å². The summed E-state index contributed by atoms with van der Waals surface area (Å²) in [5.41, 5.74) is 7.92. The van der Waals surface area contributed by atoms with E-state index in [0.29, 0.717) is 46.7 Å². The Balaban J connectivity index is 1.75. The van der Waals surface area contributed by atoms with Crippen molar-refractivity contribution in [2.75, 3.05) is 38.2 Å². The lowest BCUT2D eigenvalue weighted by Crippen LogP contribution is -2.45. The first kappa shape index (κ1) is 29.9. The summed E-state index contributed by atoms with van der Waals surface area (Å²) in [5, 5.41) is 18.2. The van der Waals surface area contributed by atoms with E-state index in [0.717, 1.165) is 36.4 Å². The number of hydrogen-bond acceptors (Lipinski definition) is 9. The van der Waals surface area contributed by atoms with Crippen molar-refractivity contribution in [1.29, 1.82) is 5.26 Å². The minimum atomic E-state index is -0.575. The normalized spacial score (nSPS) is 17.2. The Morgan fingerprint density at radius 1 is 1.24 bits per heavy atom. The number of nitrogens with one attached hydrogen (secondary N) is 2. The van der Waals surface area contributed by atoms with Gasteiger partial charge in [-0.25, -0.2) is 18.7 Å². The molecule has 0 saturated heterocycles. The number of aryl methyl sites for hydroxylation is 1. The van der Waals surface area contributed by atoms with Gasteiger partial charge in [-0.1, -0.05) is 13.3 Å². The highest BCUT2D eigenvalue weighted by molar-refractivity contribution is 7.23. The average Bonchev–Trinajstić information content (AvgIpc) is 3.22. The van der Waals surface area contributed by atoms with Gasteiger partial charge in [-0.05, 0) is 59.0 Å². The van der Waals surface area contributed by atoms with E-state index in [9.17, 15) is 9.65 Å². The van der Waals surface area contributed by atoms with Gasteiger partial charge in [-0.3, -0.25) is 0 Å². The van der Waals surface area contributed by atoms with Crippen molar-refractivity contribution in [2.45, 2.75) is 65.1 Å². The van der Waals surface area contributed by atoms with Gasteiger partial charge in [0.05, 0.1) is 21.7 Å². The molecule has 4 N–H and O–H groups in total. The van der Waals surface area contributed by atoms with Crippen LogP contribution in [0.15, 0.2) is 12.1 Å². The molecule has 0 amide bonds. The maximum atomic E-state index is 16.9. The quantitative estimate of drug-likeness (QED) is 0.217. The van der Waals surface area contributed by atoms with E-state index in [1.54, 1.807) is 0 Å². The summed E-state index contributed by atoms with van der Waals surface area (Å²) >= 11 is 0.969. The molecule has 3 aromatic heterocycles. The van der Waals surface area contributed by atoms with Crippen LogP contribution in [0.4, 0.5) is 19.6 Å². The van der Waals surface area contributed by atoms with E-state index in [1.807, 2.05) is 27.9 Å². The lowest BCUT2D eigenvalue weighted by molar-refractivity contribution is 0.191. The fourth-order valence-electron chi connectivity index (χ4n) is 5.60. The summed E-state index contributed by atoms with van der Waals surface area (Å²) < 4.78 is 38.3. The van der Waals surface area contributed by atoms with E-state index < -0.39 is 11.6 Å². The van der Waals surface area contributed by atoms with Gasteiger partial charge in [-0.2, -0.15) is 5.26 Å². The van der Waals surface area contributed by atoms with E-state index >= 15 is 4.39 Å². The van der Waals surface area contributed by atoms with Crippen LogP contribution in [0, 0.1) is 29.9 Å². The molecule has 1 aromatic carbocycles. The molecule has 4 aromatic rings. The van der Waals surface area contributed by atoms with E-state index in [-0.39, 0.29) is 44.4 Å². The molecule has 0 radical (unpaired) electrons. The molecule has 0 bridgehead atoms. The number of fused-ring (bicyclic) bond motifs is 1. The number of nitrogens with zero attached hydrogens (tertiary/aromatic N) is 4. The maximum Gasteiger partial charge on any atom is 0.226 e. The van der Waals surface area contributed by atoms with Crippen molar-refractivity contribution in [1.82, 2.24) is 20.2 Å². The molecule has 8 nitrogen and oxygen atoms in total. The SMILES string of the molecule is CCCC(C)NCC1Nc2nc(CCN(C)C)c(C)c3c(F)c(-c4ccc(F)c5sc(N)c(C#N)c45)nc(c23)OC1C. The molecule has 42 heavy (non-hydrogen) atoms. The second-order valence-corrected chi connectivity index (χ2v) is 12.4. The second-order valence-electron chi connectivity index (χ2n) is 11.3. The highest BCUT2D eigenvalue weighted by Crippen LogP contribution is 2.45. The first-order valence-electron chi connectivity index (χ1n) is 14.3. The number of pyridine rings is 2. The Kier molecular flexibility index (Phi) is 8.51. The highest BCUT2D eigenvalue weighted by atomic mass is 32.1. The van der Waals surface area contributed by atoms with Crippen LogP contribution in [-0.4, -0.2) is 60.2 Å². The number of anilines is 2. The Morgan fingerprint density at radius 3 is 2.69 bits per heavy atom. The molecule has 1 aliphatic rings. The zero-order valence-electron chi connectivity index (χ0n) is 24.9. The molecule has 3 atom stereocenters. The van der Waals surface area contributed by atoms with Crippen LogP contribution in [0.5, 0.6) is 5.88 Å². The molecule has 11 heteroatoms. The molecule has 5 rings (SSSR count). The predicted molar refractivity (Wildman–Crippen MR) is 166 cm³/mol. The summed E-state index contributed by atoms with van der Waals surface area (Å²) in [5.74, 6) is -0.330. The lowest BCUT2D eigenvalue weighted by atomic mass is 9.97. The number of aromatic nitrogens is 2. The molecule has 0 fully saturated rings. The number of nitrogen functional groups attached to an aromatic ring is 1. The number of ether oxygens (including phenoxy) is 1. The number of nitriles is 1. The van der Waals surface area contributed by atoms with Crippen LogP contribution < -0.4 is 21.1 Å². The molecule has 3 unspecified atom stereocenters. The summed E-state index contributed by atoms with van der Waals surface area (Å²) in [7, 11) is 3.97. The van der Waals surface area contributed by atoms with Crippen molar-refractivity contribution >= 4 is 43.0 Å². The second kappa shape index (κ2) is 12.0. The van der Waals surface area contributed by atoms with Crippen LogP contribution in [0.25, 0.3) is 32.1 Å². The zero-order chi connectivity index (χ0) is 30.3. The van der Waals surface area contributed by atoms with Crippen molar-refractivity contribution < 1.29 is 13.5 Å². The van der Waals surface area contributed by atoms with Crippen LogP contribution in [0.2, 0.25) is 0 Å². The number of nitrogens with two attached hydrogens (primary N) is 1. The van der Waals surface area contributed by atoms with Gasteiger partial charge in [0.2, 0.25) is 5.88 Å². The summed E-state index contributed by atoms with van der Waals surface area (Å²) in [6, 6.07) is 4.95. The Morgan fingerprint density at radius 2 is 2.00 bits per heavy atom. The zero-order valence-corrected chi connectivity index (χ0v) is 25.7. The van der Waals surface area contributed by atoms with E-state index in [2.05, 4.69) is 35.5 Å². The summed E-state index contributed by atoms with van der Waals surface area (Å²) in [6.07, 6.45) is 2.40. The standard InChI is InChI=1S/C31H37F2N7OS/c1-7-8-15(2)36-14-22-17(4)41-31-25-23(16(3)21(11-12-40(5)6)37-30(25)38-22)26(33)27(39-31)18-9-10-20(32)28-24(18)19(13-34)29(35)42-28/h9-10,15,17,22,36H,7-8,11-12,14,35H2,1-6H3,(H,37,38). The molecule has 4 heterocycles. The lowest BCUT2D eigenvalue weighted by Gasteiger charge is -2.25. The van der Waals surface area contributed by atoms with Gasteiger partial charge in [-0.15, -0.1) is 11.3 Å². The number of thiophene rings is 1. The van der Waals surface area contributed by atoms with Crippen molar-refractivity contribution in [3.05, 3.63) is 40.6 Å². The van der Waals surface area contributed by atoms with Gasteiger partial charge in [0.1, 0.15) is 34.5 Å². The molecule has 222 valence electrons. The van der Waals surface area contributed by atoms with Crippen LogP contribution in [0.1, 0.15) is 50.4 Å². The third-order valence-corrected chi connectivity index (χ3v) is 9.00. The monoisotopic (exact) mass is 593 g/mol. The Labute approximate surface area is 248 Å². The largest absolute Gasteiger partial charge is 0.472 e. The van der Waals surface area contributed by atoms with Gasteiger partial charge >= 0.3 is 0 Å². The number of rotatable bonds is 9. The minimum Gasteiger partial charge on any atom is -0.472 e. The van der Waals surface area contributed by atoms with Gasteiger partial charge in [0.25, 0.3) is 0 Å². The first-order valence-corrected chi connectivity index (χ1v) is 15.1. The van der Waals surface area contributed by atoms with E-state index in [4.69, 9.17) is 20.4 Å². The molecule has 0 saturated carbocycles. The minimum absolute atomic E-state index is 0.0176. The van der Waals surface area contributed by atoms with Crippen LogP contribution in [0.3, 0.4) is 0 Å². The Bertz CT molecular complexity index is 1700. The third kappa shape index (κ3) is 5.35. The molecular formula is C31H37F2N7OS. The average molecular weight is 594 g/mol. The fourth-order valence-corrected chi connectivity index (χ4v) is 6.55. The van der Waals surface area contributed by atoms with E-state index in [1.165, 1.54) is 12.1 Å². The highest BCUT2D eigenvalue weighted by Gasteiger charge is 2.32. The number of halogens is 2. The van der Waals surface area contributed by atoms with Gasteiger partial charge in [0.15, 0.2) is 5.82 Å². The molecule has 0 aliphatic carbocycles. The maximum absolute atomic E-state index is 16.9. The Hall–Kier alpha value is -3.59. The third-order valence-electron chi connectivity index (χ3n) is 7.97. The smallest absolute Gasteiger partial charge is 0.226 e. The first-order chi connectivity index (χ1) is 20.0. The summed E-state index contributed by atoms with van der Waals surface area (Å²) in [6.45, 7) is 9.47. The number of benzene rings is 1. The van der Waals surface area contributed by atoms with Gasteiger partial charge < -0.3 is 26.0 Å². The number of hydrogen-bond donors (Lipinski definition) is 3. The number of likely N-dealkylation sites (N-methyl/N-ethyl adjacent to an activating group) is 1. The van der Waals surface area contributed by atoms with Crippen molar-refractivity contribution in [3.63, 3.8) is 0 Å². The predicted octanol–water partition coefficient (Wildman–Crippen LogP) is 6.00. The molecular weight excluding hydrogens is 556 g/mol. The molecule has 0 spiro atoms. The van der Waals surface area contributed by atoms with Crippen molar-refractivity contribution in [3.8, 4) is 23.2 Å². The topological polar surface area (TPSA) is 112 Å². The van der Waals surface area contributed by atoms with Gasteiger partial charge in [0, 0.05) is 47.6 Å². The van der Waals surface area contributed by atoms with Crippen LogP contribution >= 0.6 is 11.3 Å². The van der Waals surface area contributed by atoms with Crippen molar-refractivity contribution in [2.24, 2.45) is 0 Å². The summed E-state index contributed by atoms with van der Waals surface area (Å²) in [4.78, 5) is 11.8.